The van der Waals surface area contributed by atoms with Crippen LogP contribution in [0.25, 0.3) is 0 Å². The van der Waals surface area contributed by atoms with Crippen molar-refractivity contribution >= 4 is 0 Å². The number of rotatable bonds is 4. The third-order valence-corrected chi connectivity index (χ3v) is 4.26. The Morgan fingerprint density at radius 3 is 2.70 bits per heavy atom. The lowest BCUT2D eigenvalue weighted by Crippen LogP contribution is -2.26. The molecule has 0 atom stereocenters. The van der Waals surface area contributed by atoms with E-state index in [4.69, 9.17) is 10.00 Å². The highest BCUT2D eigenvalue weighted by atomic mass is 19.1. The third kappa shape index (κ3) is 3.69. The average molecular weight is 310 g/mol. The van der Waals surface area contributed by atoms with Crippen molar-refractivity contribution in [3.05, 3.63) is 65.0 Å². The molecule has 1 N–H and O–H groups in total. The van der Waals surface area contributed by atoms with E-state index in [0.29, 0.717) is 17.0 Å². The predicted molar refractivity (Wildman–Crippen MR) is 86.7 cm³/mol. The van der Waals surface area contributed by atoms with Gasteiger partial charge in [-0.2, -0.15) is 5.26 Å². The molecule has 23 heavy (non-hydrogen) atoms. The highest BCUT2D eigenvalue weighted by Gasteiger charge is 2.18. The Morgan fingerprint density at radius 2 is 1.96 bits per heavy atom. The van der Waals surface area contributed by atoms with E-state index in [-0.39, 0.29) is 6.61 Å². The van der Waals surface area contributed by atoms with Gasteiger partial charge in [0.15, 0.2) is 0 Å². The van der Waals surface area contributed by atoms with Crippen LogP contribution in [0.3, 0.4) is 0 Å². The maximum Gasteiger partial charge on any atom is 0.131 e. The Labute approximate surface area is 135 Å². The number of para-hydroxylation sites is 1. The molecule has 1 aliphatic rings. The molecule has 3 rings (SSSR count). The summed E-state index contributed by atoms with van der Waals surface area (Å²) in [5, 5.41) is 12.2. The standard InChI is InChI=1S/C19H19FN2O/c20-18-11-14(12-21)5-6-16(18)13-23-19-4-2-1-3-17(19)15-7-9-22-10-8-15/h1-6,11,15,22H,7-10,13H2. The van der Waals surface area contributed by atoms with Gasteiger partial charge >= 0.3 is 0 Å². The van der Waals surface area contributed by atoms with Gasteiger partial charge in [0.2, 0.25) is 0 Å². The normalized spacial score (nSPS) is 15.1. The molecule has 2 aromatic carbocycles. The zero-order chi connectivity index (χ0) is 16.1. The Balaban J connectivity index is 1.74. The maximum atomic E-state index is 14.0. The maximum absolute atomic E-state index is 14.0. The van der Waals surface area contributed by atoms with Gasteiger partial charge in [0, 0.05) is 5.56 Å². The van der Waals surface area contributed by atoms with Gasteiger partial charge in [-0.25, -0.2) is 4.39 Å². The zero-order valence-corrected chi connectivity index (χ0v) is 12.9. The predicted octanol–water partition coefficient (Wildman–Crippen LogP) is 3.74. The van der Waals surface area contributed by atoms with Gasteiger partial charge in [0.05, 0.1) is 11.6 Å². The molecular formula is C19H19FN2O. The van der Waals surface area contributed by atoms with Gasteiger partial charge in [-0.3, -0.25) is 0 Å². The summed E-state index contributed by atoms with van der Waals surface area (Å²) in [6.07, 6.45) is 2.18. The van der Waals surface area contributed by atoms with Crippen LogP contribution in [0.2, 0.25) is 0 Å². The Bertz CT molecular complexity index is 718. The summed E-state index contributed by atoms with van der Waals surface area (Å²) in [7, 11) is 0. The lowest BCUT2D eigenvalue weighted by Gasteiger charge is -2.25. The van der Waals surface area contributed by atoms with E-state index in [0.717, 1.165) is 31.7 Å². The van der Waals surface area contributed by atoms with Gasteiger partial charge < -0.3 is 10.1 Å². The number of nitrogens with zero attached hydrogens (tertiary/aromatic N) is 1. The molecule has 1 fully saturated rings. The number of benzene rings is 2. The molecule has 0 spiro atoms. The second-order valence-electron chi connectivity index (χ2n) is 5.77. The van der Waals surface area contributed by atoms with Crippen molar-refractivity contribution in [2.45, 2.75) is 25.4 Å². The summed E-state index contributed by atoms with van der Waals surface area (Å²) in [4.78, 5) is 0. The molecule has 1 saturated heterocycles. The molecule has 118 valence electrons. The summed E-state index contributed by atoms with van der Waals surface area (Å²) in [5.41, 5.74) is 1.98. The first-order valence-electron chi connectivity index (χ1n) is 7.89. The first kappa shape index (κ1) is 15.5. The lowest BCUT2D eigenvalue weighted by atomic mass is 9.89. The highest BCUT2D eigenvalue weighted by molar-refractivity contribution is 5.37. The van der Waals surface area contributed by atoms with Gasteiger partial charge in [-0.1, -0.05) is 24.3 Å². The smallest absolute Gasteiger partial charge is 0.131 e. The zero-order valence-electron chi connectivity index (χ0n) is 12.9. The van der Waals surface area contributed by atoms with Crippen molar-refractivity contribution in [2.24, 2.45) is 0 Å². The fourth-order valence-corrected chi connectivity index (χ4v) is 2.97. The van der Waals surface area contributed by atoms with Crippen LogP contribution in [0.15, 0.2) is 42.5 Å². The van der Waals surface area contributed by atoms with Crippen LogP contribution >= 0.6 is 0 Å². The fourth-order valence-electron chi connectivity index (χ4n) is 2.97. The number of ether oxygens (including phenoxy) is 1. The molecule has 2 aromatic rings. The van der Waals surface area contributed by atoms with E-state index in [2.05, 4.69) is 11.4 Å². The van der Waals surface area contributed by atoms with E-state index in [1.807, 2.05) is 24.3 Å². The Kier molecular flexibility index (Phi) is 4.89. The second kappa shape index (κ2) is 7.26. The second-order valence-corrected chi connectivity index (χ2v) is 5.77. The van der Waals surface area contributed by atoms with Gasteiger partial charge in [-0.15, -0.1) is 0 Å². The van der Waals surface area contributed by atoms with Crippen LogP contribution < -0.4 is 10.1 Å². The summed E-state index contributed by atoms with van der Waals surface area (Å²) in [5.74, 6) is 0.907. The largest absolute Gasteiger partial charge is 0.489 e. The molecule has 4 heteroatoms. The molecule has 0 radical (unpaired) electrons. The van der Waals surface area contributed by atoms with Crippen molar-refractivity contribution < 1.29 is 9.13 Å². The van der Waals surface area contributed by atoms with Crippen LogP contribution in [0.4, 0.5) is 4.39 Å². The van der Waals surface area contributed by atoms with Gasteiger partial charge in [0.1, 0.15) is 18.2 Å². The van der Waals surface area contributed by atoms with Crippen LogP contribution in [0.1, 0.15) is 35.4 Å². The molecule has 1 heterocycles. The monoisotopic (exact) mass is 310 g/mol. The first-order valence-corrected chi connectivity index (χ1v) is 7.89. The molecule has 1 aliphatic heterocycles. The Hall–Kier alpha value is -2.38. The van der Waals surface area contributed by atoms with E-state index in [1.54, 1.807) is 12.1 Å². The number of hydrogen-bond donors (Lipinski definition) is 1. The number of halogens is 1. The minimum Gasteiger partial charge on any atom is -0.489 e. The van der Waals surface area contributed by atoms with Crippen LogP contribution in [-0.4, -0.2) is 13.1 Å². The fraction of sp³-hybridized carbons (Fsp3) is 0.316. The molecule has 3 nitrogen and oxygen atoms in total. The number of nitriles is 1. The summed E-state index contributed by atoms with van der Waals surface area (Å²) < 4.78 is 19.8. The third-order valence-electron chi connectivity index (χ3n) is 4.26. The average Bonchev–Trinajstić information content (AvgIpc) is 2.61. The minimum atomic E-state index is -0.400. The van der Waals surface area contributed by atoms with Crippen LogP contribution in [0.5, 0.6) is 5.75 Å². The lowest BCUT2D eigenvalue weighted by molar-refractivity contribution is 0.292. The summed E-state index contributed by atoms with van der Waals surface area (Å²) in [6.45, 7) is 2.20. The van der Waals surface area contributed by atoms with E-state index in [9.17, 15) is 4.39 Å². The molecule has 0 amide bonds. The molecule has 0 bridgehead atoms. The molecule has 0 saturated carbocycles. The van der Waals surface area contributed by atoms with Crippen molar-refractivity contribution in [3.8, 4) is 11.8 Å². The van der Waals surface area contributed by atoms with Gasteiger partial charge in [0.25, 0.3) is 0 Å². The highest BCUT2D eigenvalue weighted by Crippen LogP contribution is 2.33. The van der Waals surface area contributed by atoms with E-state index < -0.39 is 5.82 Å². The van der Waals surface area contributed by atoms with E-state index >= 15 is 0 Å². The molecule has 0 aromatic heterocycles. The van der Waals surface area contributed by atoms with Crippen molar-refractivity contribution in [1.82, 2.24) is 5.32 Å². The first-order chi connectivity index (χ1) is 11.3. The SMILES string of the molecule is N#Cc1ccc(COc2ccccc2C2CCNCC2)c(F)c1. The summed E-state index contributed by atoms with van der Waals surface area (Å²) in [6, 6.07) is 14.4. The molecule has 0 unspecified atom stereocenters. The topological polar surface area (TPSA) is 45.0 Å². The number of hydrogen-bond acceptors (Lipinski definition) is 3. The molecular weight excluding hydrogens is 291 g/mol. The quantitative estimate of drug-likeness (QED) is 0.935. The van der Waals surface area contributed by atoms with Crippen LogP contribution in [-0.2, 0) is 6.61 Å². The minimum absolute atomic E-state index is 0.166. The van der Waals surface area contributed by atoms with Gasteiger partial charge in [-0.05, 0) is 55.6 Å². The van der Waals surface area contributed by atoms with Crippen LogP contribution in [0, 0.1) is 17.1 Å². The molecule has 0 aliphatic carbocycles. The number of piperidine rings is 1. The summed E-state index contributed by atoms with van der Waals surface area (Å²) >= 11 is 0. The van der Waals surface area contributed by atoms with Crippen molar-refractivity contribution in [2.75, 3.05) is 13.1 Å². The van der Waals surface area contributed by atoms with E-state index in [1.165, 1.54) is 11.6 Å². The Morgan fingerprint density at radius 1 is 1.17 bits per heavy atom. The van der Waals surface area contributed by atoms with Crippen molar-refractivity contribution in [1.29, 1.82) is 5.26 Å². The van der Waals surface area contributed by atoms with Crippen molar-refractivity contribution in [3.63, 3.8) is 0 Å². The number of nitrogens with one attached hydrogen (secondary N) is 1.